The fourth-order valence-electron chi connectivity index (χ4n) is 1.35. The van der Waals surface area contributed by atoms with Crippen molar-refractivity contribution >= 4 is 5.97 Å². The van der Waals surface area contributed by atoms with E-state index in [1.165, 1.54) is 12.1 Å². The second-order valence-corrected chi connectivity index (χ2v) is 3.57. The first kappa shape index (κ1) is 13.5. The standard InChI is InChI=1S/C11H11F3O3/c12-11(13,14)8-3-1-2-7(6-8)9(15)4-5-10(16)17/h1-3,6,9,15H,4-5H2,(H,16,17). The number of alkyl halides is 3. The molecule has 1 atom stereocenters. The average molecular weight is 248 g/mol. The molecule has 3 nitrogen and oxygen atoms in total. The van der Waals surface area contributed by atoms with Crippen LogP contribution >= 0.6 is 0 Å². The summed E-state index contributed by atoms with van der Waals surface area (Å²) in [4.78, 5) is 10.3. The van der Waals surface area contributed by atoms with E-state index in [1.807, 2.05) is 0 Å². The third kappa shape index (κ3) is 4.07. The zero-order valence-corrected chi connectivity index (χ0v) is 8.74. The average Bonchev–Trinajstić information content (AvgIpc) is 2.25. The van der Waals surface area contributed by atoms with Crippen molar-refractivity contribution in [2.45, 2.75) is 25.1 Å². The van der Waals surface area contributed by atoms with Gasteiger partial charge in [0.05, 0.1) is 11.7 Å². The van der Waals surface area contributed by atoms with Crippen molar-refractivity contribution in [1.29, 1.82) is 0 Å². The maximum absolute atomic E-state index is 12.4. The van der Waals surface area contributed by atoms with Crippen molar-refractivity contribution < 1.29 is 28.2 Å². The second kappa shape index (κ2) is 5.18. The number of aliphatic carboxylic acids is 1. The molecule has 94 valence electrons. The van der Waals surface area contributed by atoms with Gasteiger partial charge in [-0.15, -0.1) is 0 Å². The van der Waals surface area contributed by atoms with Crippen LogP contribution in [0.15, 0.2) is 24.3 Å². The van der Waals surface area contributed by atoms with Crippen LogP contribution in [0.2, 0.25) is 0 Å². The molecule has 0 aliphatic carbocycles. The van der Waals surface area contributed by atoms with Gasteiger partial charge in [0.15, 0.2) is 0 Å². The minimum absolute atomic E-state index is 0.0704. The molecule has 1 aromatic rings. The molecule has 0 bridgehead atoms. The van der Waals surface area contributed by atoms with E-state index in [4.69, 9.17) is 5.11 Å². The number of carbonyl (C=O) groups is 1. The summed E-state index contributed by atoms with van der Waals surface area (Å²) in [6, 6.07) is 4.24. The maximum atomic E-state index is 12.4. The molecule has 0 aromatic heterocycles. The Hall–Kier alpha value is -1.56. The molecule has 0 saturated heterocycles. The van der Waals surface area contributed by atoms with Gasteiger partial charge in [0.25, 0.3) is 0 Å². The molecular formula is C11H11F3O3. The molecule has 0 amide bonds. The zero-order chi connectivity index (χ0) is 13.1. The van der Waals surface area contributed by atoms with Crippen molar-refractivity contribution in [3.63, 3.8) is 0 Å². The Morgan fingerprint density at radius 1 is 1.35 bits per heavy atom. The van der Waals surface area contributed by atoms with E-state index < -0.39 is 23.8 Å². The summed E-state index contributed by atoms with van der Waals surface area (Å²) in [6.45, 7) is 0. The first-order valence-electron chi connectivity index (χ1n) is 4.87. The first-order valence-corrected chi connectivity index (χ1v) is 4.87. The van der Waals surface area contributed by atoms with Crippen molar-refractivity contribution in [2.24, 2.45) is 0 Å². The van der Waals surface area contributed by atoms with Crippen LogP contribution in [0.1, 0.15) is 30.1 Å². The lowest BCUT2D eigenvalue weighted by atomic mass is 10.0. The molecule has 0 radical (unpaired) electrons. The highest BCUT2D eigenvalue weighted by atomic mass is 19.4. The highest BCUT2D eigenvalue weighted by molar-refractivity contribution is 5.66. The summed E-state index contributed by atoms with van der Waals surface area (Å²) in [5.41, 5.74) is -0.787. The van der Waals surface area contributed by atoms with Crippen molar-refractivity contribution in [3.8, 4) is 0 Å². The number of rotatable bonds is 4. The van der Waals surface area contributed by atoms with Gasteiger partial charge in [-0.3, -0.25) is 4.79 Å². The Kier molecular flexibility index (Phi) is 4.11. The van der Waals surface area contributed by atoms with Crippen LogP contribution in [0.25, 0.3) is 0 Å². The third-order valence-corrected chi connectivity index (χ3v) is 2.23. The predicted molar refractivity (Wildman–Crippen MR) is 53.3 cm³/mol. The van der Waals surface area contributed by atoms with Gasteiger partial charge in [0.2, 0.25) is 0 Å². The summed E-state index contributed by atoms with van der Waals surface area (Å²) >= 11 is 0. The van der Waals surface area contributed by atoms with Gasteiger partial charge >= 0.3 is 12.1 Å². The minimum atomic E-state index is -4.47. The molecule has 17 heavy (non-hydrogen) atoms. The molecule has 0 fully saturated rings. The molecule has 1 aromatic carbocycles. The number of benzene rings is 1. The van der Waals surface area contributed by atoms with E-state index in [0.717, 1.165) is 12.1 Å². The van der Waals surface area contributed by atoms with E-state index in [1.54, 1.807) is 0 Å². The molecule has 0 spiro atoms. The van der Waals surface area contributed by atoms with Gasteiger partial charge in [-0.1, -0.05) is 12.1 Å². The summed E-state index contributed by atoms with van der Waals surface area (Å²) in [5.74, 6) is -1.10. The van der Waals surface area contributed by atoms with E-state index in [9.17, 15) is 23.1 Å². The Morgan fingerprint density at radius 3 is 2.53 bits per heavy atom. The van der Waals surface area contributed by atoms with E-state index >= 15 is 0 Å². The molecule has 0 aliphatic rings. The van der Waals surface area contributed by atoms with Gasteiger partial charge in [-0.05, 0) is 24.1 Å². The van der Waals surface area contributed by atoms with E-state index in [0.29, 0.717) is 0 Å². The molecule has 0 aliphatic heterocycles. The van der Waals surface area contributed by atoms with Gasteiger partial charge in [-0.25, -0.2) is 0 Å². The largest absolute Gasteiger partial charge is 0.481 e. The number of aliphatic hydroxyl groups is 1. The molecule has 0 saturated carbocycles. The number of carboxylic acids is 1. The molecular weight excluding hydrogens is 237 g/mol. The van der Waals surface area contributed by atoms with Crippen LogP contribution in [0.5, 0.6) is 0 Å². The SMILES string of the molecule is O=C(O)CCC(O)c1cccc(C(F)(F)F)c1. The third-order valence-electron chi connectivity index (χ3n) is 2.23. The van der Waals surface area contributed by atoms with Gasteiger partial charge < -0.3 is 10.2 Å². The molecule has 1 rings (SSSR count). The number of aliphatic hydroxyl groups excluding tert-OH is 1. The highest BCUT2D eigenvalue weighted by Crippen LogP contribution is 2.31. The fraction of sp³-hybridized carbons (Fsp3) is 0.364. The fourth-order valence-corrected chi connectivity index (χ4v) is 1.35. The normalized spacial score (nSPS) is 13.4. The predicted octanol–water partition coefficient (Wildman–Crippen LogP) is 2.60. The van der Waals surface area contributed by atoms with Gasteiger partial charge in [0, 0.05) is 6.42 Å². The van der Waals surface area contributed by atoms with E-state index in [2.05, 4.69) is 0 Å². The number of halogens is 3. The Morgan fingerprint density at radius 2 is 2.00 bits per heavy atom. The lowest BCUT2D eigenvalue weighted by molar-refractivity contribution is -0.138. The molecule has 6 heteroatoms. The summed E-state index contributed by atoms with van der Waals surface area (Å²) in [6.07, 6.45) is -6.08. The maximum Gasteiger partial charge on any atom is 0.416 e. The van der Waals surface area contributed by atoms with Crippen molar-refractivity contribution in [1.82, 2.24) is 0 Å². The van der Waals surface area contributed by atoms with Crippen molar-refractivity contribution in [3.05, 3.63) is 35.4 Å². The van der Waals surface area contributed by atoms with Crippen LogP contribution in [-0.4, -0.2) is 16.2 Å². The Bertz CT molecular complexity index is 401. The number of hydrogen-bond donors (Lipinski definition) is 2. The Labute approximate surface area is 95.5 Å². The zero-order valence-electron chi connectivity index (χ0n) is 8.74. The molecule has 2 N–H and O–H groups in total. The van der Waals surface area contributed by atoms with Crippen LogP contribution in [0.3, 0.4) is 0 Å². The van der Waals surface area contributed by atoms with Crippen LogP contribution in [-0.2, 0) is 11.0 Å². The number of hydrogen-bond acceptors (Lipinski definition) is 2. The van der Waals surface area contributed by atoms with Crippen LogP contribution in [0, 0.1) is 0 Å². The quantitative estimate of drug-likeness (QED) is 0.861. The van der Waals surface area contributed by atoms with Crippen LogP contribution < -0.4 is 0 Å². The summed E-state index contributed by atoms with van der Waals surface area (Å²) < 4.78 is 37.1. The number of carboxylic acid groups (broad SMARTS) is 1. The summed E-state index contributed by atoms with van der Waals surface area (Å²) in [5, 5.41) is 17.9. The van der Waals surface area contributed by atoms with Crippen molar-refractivity contribution in [2.75, 3.05) is 0 Å². The summed E-state index contributed by atoms with van der Waals surface area (Å²) in [7, 11) is 0. The van der Waals surface area contributed by atoms with Gasteiger partial charge in [0.1, 0.15) is 0 Å². The monoisotopic (exact) mass is 248 g/mol. The van der Waals surface area contributed by atoms with Crippen LogP contribution in [0.4, 0.5) is 13.2 Å². The van der Waals surface area contributed by atoms with Gasteiger partial charge in [-0.2, -0.15) is 13.2 Å². The Balaban J connectivity index is 2.81. The van der Waals surface area contributed by atoms with E-state index in [-0.39, 0.29) is 18.4 Å². The lowest BCUT2D eigenvalue weighted by Gasteiger charge is -2.12. The lowest BCUT2D eigenvalue weighted by Crippen LogP contribution is -2.07. The second-order valence-electron chi connectivity index (χ2n) is 3.57. The highest BCUT2D eigenvalue weighted by Gasteiger charge is 2.30. The minimum Gasteiger partial charge on any atom is -0.481 e. The topological polar surface area (TPSA) is 57.5 Å². The smallest absolute Gasteiger partial charge is 0.416 e. The molecule has 1 unspecified atom stereocenters. The first-order chi connectivity index (χ1) is 7.80. The molecule has 0 heterocycles.